The third-order valence-electron chi connectivity index (χ3n) is 3.24. The standard InChI is InChI=1S/C15H16F2N2O/c1-9-6-7-10(16)8-11(9)15(19-18)14-12(17)4-3-5-13(14)20-2/h3-8,15,19H,18H2,1-2H3. The highest BCUT2D eigenvalue weighted by Gasteiger charge is 2.22. The normalized spacial score (nSPS) is 12.2. The van der Waals surface area contributed by atoms with E-state index in [9.17, 15) is 8.78 Å². The summed E-state index contributed by atoms with van der Waals surface area (Å²) in [6.45, 7) is 1.81. The minimum Gasteiger partial charge on any atom is -0.496 e. The Bertz CT molecular complexity index is 617. The third-order valence-corrected chi connectivity index (χ3v) is 3.24. The van der Waals surface area contributed by atoms with Crippen LogP contribution >= 0.6 is 0 Å². The van der Waals surface area contributed by atoms with Gasteiger partial charge in [0.2, 0.25) is 0 Å². The van der Waals surface area contributed by atoms with Crippen LogP contribution in [0.1, 0.15) is 22.7 Å². The van der Waals surface area contributed by atoms with Crippen molar-refractivity contribution in [2.75, 3.05) is 7.11 Å². The monoisotopic (exact) mass is 278 g/mol. The Hall–Kier alpha value is -1.98. The van der Waals surface area contributed by atoms with Gasteiger partial charge in [-0.25, -0.2) is 14.2 Å². The number of methoxy groups -OCH3 is 1. The molecule has 1 unspecified atom stereocenters. The predicted octanol–water partition coefficient (Wildman–Crippen LogP) is 2.83. The molecular weight excluding hydrogens is 262 g/mol. The molecule has 0 saturated heterocycles. The van der Waals surface area contributed by atoms with Crippen LogP contribution < -0.4 is 16.0 Å². The van der Waals surface area contributed by atoms with Crippen molar-refractivity contribution in [2.24, 2.45) is 5.84 Å². The molecule has 0 heterocycles. The van der Waals surface area contributed by atoms with E-state index in [1.807, 2.05) is 6.92 Å². The van der Waals surface area contributed by atoms with Gasteiger partial charge < -0.3 is 4.74 Å². The maximum absolute atomic E-state index is 14.1. The van der Waals surface area contributed by atoms with Gasteiger partial charge >= 0.3 is 0 Å². The number of rotatable bonds is 4. The van der Waals surface area contributed by atoms with Crippen LogP contribution in [-0.4, -0.2) is 7.11 Å². The summed E-state index contributed by atoms with van der Waals surface area (Å²) in [5.74, 6) is 5.05. The van der Waals surface area contributed by atoms with Crippen molar-refractivity contribution >= 4 is 0 Å². The molecule has 0 aliphatic carbocycles. The molecule has 0 amide bonds. The fraction of sp³-hybridized carbons (Fsp3) is 0.200. The number of hydrazine groups is 1. The van der Waals surface area contributed by atoms with E-state index in [1.54, 1.807) is 18.2 Å². The van der Waals surface area contributed by atoms with Crippen molar-refractivity contribution in [3.63, 3.8) is 0 Å². The Labute approximate surface area is 116 Å². The Balaban J connectivity index is 2.61. The zero-order valence-electron chi connectivity index (χ0n) is 11.3. The van der Waals surface area contributed by atoms with Crippen LogP contribution in [0.5, 0.6) is 5.75 Å². The molecule has 20 heavy (non-hydrogen) atoms. The number of nitrogens with two attached hydrogens (primary N) is 1. The summed E-state index contributed by atoms with van der Waals surface area (Å²) in [5.41, 5.74) is 4.16. The first-order valence-electron chi connectivity index (χ1n) is 6.13. The van der Waals surface area contributed by atoms with Crippen molar-refractivity contribution in [3.8, 4) is 5.75 Å². The van der Waals surface area contributed by atoms with E-state index in [1.165, 1.54) is 25.3 Å². The van der Waals surface area contributed by atoms with Gasteiger partial charge in [-0.3, -0.25) is 5.84 Å². The topological polar surface area (TPSA) is 47.3 Å². The second-order valence-electron chi connectivity index (χ2n) is 4.46. The van der Waals surface area contributed by atoms with Crippen molar-refractivity contribution in [1.82, 2.24) is 5.43 Å². The molecule has 0 saturated carbocycles. The lowest BCUT2D eigenvalue weighted by molar-refractivity contribution is 0.397. The van der Waals surface area contributed by atoms with Crippen LogP contribution in [0.25, 0.3) is 0 Å². The van der Waals surface area contributed by atoms with Gasteiger partial charge in [-0.1, -0.05) is 12.1 Å². The predicted molar refractivity (Wildman–Crippen MR) is 73.3 cm³/mol. The quantitative estimate of drug-likeness (QED) is 0.668. The molecule has 5 heteroatoms. The molecule has 2 rings (SSSR count). The molecule has 0 bridgehead atoms. The molecule has 2 aromatic carbocycles. The lowest BCUT2D eigenvalue weighted by Gasteiger charge is -2.21. The van der Waals surface area contributed by atoms with Gasteiger partial charge in [-0.2, -0.15) is 0 Å². The fourth-order valence-electron chi connectivity index (χ4n) is 2.23. The van der Waals surface area contributed by atoms with Gasteiger partial charge in [-0.05, 0) is 42.3 Å². The summed E-state index contributed by atoms with van der Waals surface area (Å²) in [6, 6.07) is 8.12. The van der Waals surface area contributed by atoms with E-state index in [-0.39, 0.29) is 5.56 Å². The van der Waals surface area contributed by atoms with Crippen molar-refractivity contribution < 1.29 is 13.5 Å². The van der Waals surface area contributed by atoms with Crippen molar-refractivity contribution in [2.45, 2.75) is 13.0 Å². The molecule has 1 atom stereocenters. The number of hydrogen-bond donors (Lipinski definition) is 2. The van der Waals surface area contributed by atoms with Crippen LogP contribution in [0.2, 0.25) is 0 Å². The van der Waals surface area contributed by atoms with E-state index in [4.69, 9.17) is 10.6 Å². The Kier molecular flexibility index (Phi) is 4.32. The SMILES string of the molecule is COc1cccc(F)c1C(NN)c1cc(F)ccc1C. The van der Waals surface area contributed by atoms with Crippen LogP contribution in [-0.2, 0) is 0 Å². The van der Waals surface area contributed by atoms with Crippen LogP contribution in [0.15, 0.2) is 36.4 Å². The highest BCUT2D eigenvalue weighted by molar-refractivity contribution is 5.44. The Morgan fingerprint density at radius 1 is 1.20 bits per heavy atom. The van der Waals surface area contributed by atoms with E-state index < -0.39 is 17.7 Å². The van der Waals surface area contributed by atoms with Gasteiger partial charge in [0.15, 0.2) is 0 Å². The molecule has 0 aliphatic rings. The highest BCUT2D eigenvalue weighted by atomic mass is 19.1. The molecule has 0 fully saturated rings. The van der Waals surface area contributed by atoms with Gasteiger partial charge in [0.05, 0.1) is 18.7 Å². The number of hydrogen-bond acceptors (Lipinski definition) is 3. The summed E-state index contributed by atoms with van der Waals surface area (Å²) in [4.78, 5) is 0. The van der Waals surface area contributed by atoms with Gasteiger partial charge in [0.25, 0.3) is 0 Å². The summed E-state index contributed by atoms with van der Waals surface area (Å²) in [6.07, 6.45) is 0. The first kappa shape index (κ1) is 14.4. The van der Waals surface area contributed by atoms with E-state index in [2.05, 4.69) is 5.43 Å². The maximum atomic E-state index is 14.1. The average Bonchev–Trinajstić information content (AvgIpc) is 2.44. The number of ether oxygens (including phenoxy) is 1. The van der Waals surface area contributed by atoms with Crippen molar-refractivity contribution in [1.29, 1.82) is 0 Å². The summed E-state index contributed by atoms with van der Waals surface area (Å²) < 4.78 is 32.7. The molecule has 0 spiro atoms. The second kappa shape index (κ2) is 5.98. The number of aryl methyl sites for hydroxylation is 1. The lowest BCUT2D eigenvalue weighted by atomic mass is 9.94. The number of halogens is 2. The molecular formula is C15H16F2N2O. The zero-order valence-corrected chi connectivity index (χ0v) is 11.3. The zero-order chi connectivity index (χ0) is 14.7. The largest absolute Gasteiger partial charge is 0.496 e. The molecule has 2 aromatic rings. The fourth-order valence-corrected chi connectivity index (χ4v) is 2.23. The lowest BCUT2D eigenvalue weighted by Crippen LogP contribution is -2.30. The second-order valence-corrected chi connectivity index (χ2v) is 4.46. The van der Waals surface area contributed by atoms with E-state index in [0.29, 0.717) is 11.3 Å². The molecule has 0 aliphatic heterocycles. The van der Waals surface area contributed by atoms with Crippen molar-refractivity contribution in [3.05, 3.63) is 64.7 Å². The smallest absolute Gasteiger partial charge is 0.132 e. The summed E-state index contributed by atoms with van der Waals surface area (Å²) in [7, 11) is 1.45. The highest BCUT2D eigenvalue weighted by Crippen LogP contribution is 2.33. The minimum atomic E-state index is -0.693. The van der Waals surface area contributed by atoms with Gasteiger partial charge in [0.1, 0.15) is 17.4 Å². The van der Waals surface area contributed by atoms with E-state index >= 15 is 0 Å². The number of benzene rings is 2. The molecule has 3 nitrogen and oxygen atoms in total. The van der Waals surface area contributed by atoms with Crippen LogP contribution in [0, 0.1) is 18.6 Å². The Morgan fingerprint density at radius 3 is 2.60 bits per heavy atom. The van der Waals surface area contributed by atoms with E-state index in [0.717, 1.165) is 5.56 Å². The first-order valence-corrected chi connectivity index (χ1v) is 6.13. The third kappa shape index (κ3) is 2.64. The minimum absolute atomic E-state index is 0.256. The molecule has 106 valence electrons. The number of nitrogens with one attached hydrogen (secondary N) is 1. The molecule has 0 radical (unpaired) electrons. The molecule has 3 N–H and O–H groups in total. The first-order chi connectivity index (χ1) is 9.58. The summed E-state index contributed by atoms with van der Waals surface area (Å²) >= 11 is 0. The van der Waals surface area contributed by atoms with Crippen LogP contribution in [0.4, 0.5) is 8.78 Å². The summed E-state index contributed by atoms with van der Waals surface area (Å²) in [5, 5.41) is 0. The van der Waals surface area contributed by atoms with Gasteiger partial charge in [0, 0.05) is 0 Å². The van der Waals surface area contributed by atoms with Gasteiger partial charge in [-0.15, -0.1) is 0 Å². The Morgan fingerprint density at radius 2 is 1.95 bits per heavy atom. The molecule has 0 aromatic heterocycles. The van der Waals surface area contributed by atoms with Crippen LogP contribution in [0.3, 0.4) is 0 Å². The average molecular weight is 278 g/mol. The maximum Gasteiger partial charge on any atom is 0.132 e.